The molecule has 0 radical (unpaired) electrons. The highest BCUT2D eigenvalue weighted by Crippen LogP contribution is 2.37. The molecule has 1 heterocycles. The van der Waals surface area contributed by atoms with E-state index in [1.54, 1.807) is 0 Å². The summed E-state index contributed by atoms with van der Waals surface area (Å²) in [4.78, 5) is 2.59. The van der Waals surface area contributed by atoms with E-state index in [-0.39, 0.29) is 11.6 Å². The van der Waals surface area contributed by atoms with Gasteiger partial charge in [-0.05, 0) is 38.6 Å². The minimum absolute atomic E-state index is 0.0429. The molecule has 1 saturated carbocycles. The van der Waals surface area contributed by atoms with Crippen molar-refractivity contribution in [3.63, 3.8) is 0 Å². The van der Waals surface area contributed by atoms with Gasteiger partial charge in [-0.1, -0.05) is 19.8 Å². The van der Waals surface area contributed by atoms with Gasteiger partial charge in [0, 0.05) is 26.8 Å². The van der Waals surface area contributed by atoms with Crippen molar-refractivity contribution in [3.8, 4) is 0 Å². The second kappa shape index (κ2) is 7.74. The van der Waals surface area contributed by atoms with Crippen LogP contribution in [-0.4, -0.2) is 56.0 Å². The smallest absolute Gasteiger partial charge is 0.0767 e. The maximum absolute atomic E-state index is 6.22. The lowest BCUT2D eigenvalue weighted by Crippen LogP contribution is -2.65. The van der Waals surface area contributed by atoms with E-state index in [4.69, 9.17) is 15.2 Å². The Morgan fingerprint density at radius 3 is 2.80 bits per heavy atom. The monoisotopic (exact) mass is 284 g/mol. The van der Waals surface area contributed by atoms with E-state index in [0.29, 0.717) is 12.6 Å². The predicted octanol–water partition coefficient (Wildman–Crippen LogP) is 2.16. The Morgan fingerprint density at radius 1 is 1.25 bits per heavy atom. The Kier molecular flexibility index (Phi) is 6.27. The Hall–Kier alpha value is -0.160. The van der Waals surface area contributed by atoms with Crippen molar-refractivity contribution in [1.29, 1.82) is 0 Å². The molecule has 2 rings (SSSR count). The number of nitrogens with two attached hydrogens (primary N) is 1. The van der Waals surface area contributed by atoms with Gasteiger partial charge in [0.15, 0.2) is 0 Å². The summed E-state index contributed by atoms with van der Waals surface area (Å²) >= 11 is 0. The molecule has 2 aliphatic rings. The Labute approximate surface area is 124 Å². The molecule has 0 spiro atoms. The third kappa shape index (κ3) is 3.35. The van der Waals surface area contributed by atoms with Crippen LogP contribution in [0.2, 0.25) is 0 Å². The number of nitrogens with zero attached hydrogens (tertiary/aromatic N) is 1. The Balaban J connectivity index is 2.05. The number of rotatable bonds is 6. The van der Waals surface area contributed by atoms with E-state index < -0.39 is 0 Å². The highest BCUT2D eigenvalue weighted by atomic mass is 16.5. The number of ether oxygens (including phenoxy) is 2. The lowest BCUT2D eigenvalue weighted by molar-refractivity contribution is -0.107. The van der Waals surface area contributed by atoms with Crippen LogP contribution in [0.4, 0.5) is 0 Å². The van der Waals surface area contributed by atoms with Crippen LogP contribution >= 0.6 is 0 Å². The average Bonchev–Trinajstić information content (AvgIpc) is 2.52. The van der Waals surface area contributed by atoms with Gasteiger partial charge in [0.2, 0.25) is 0 Å². The second-order valence-corrected chi connectivity index (χ2v) is 6.36. The molecular weight excluding hydrogens is 252 g/mol. The van der Waals surface area contributed by atoms with Crippen LogP contribution in [0.5, 0.6) is 0 Å². The molecule has 2 fully saturated rings. The van der Waals surface area contributed by atoms with E-state index in [9.17, 15) is 0 Å². The Morgan fingerprint density at radius 2 is 2.10 bits per heavy atom. The molecule has 3 atom stereocenters. The summed E-state index contributed by atoms with van der Waals surface area (Å²) in [7, 11) is 1.84. The molecule has 4 nitrogen and oxygen atoms in total. The quantitative estimate of drug-likeness (QED) is 0.812. The van der Waals surface area contributed by atoms with E-state index in [2.05, 4.69) is 11.8 Å². The average molecular weight is 284 g/mol. The fraction of sp³-hybridized carbons (Fsp3) is 1.00. The first kappa shape index (κ1) is 16.2. The zero-order chi connectivity index (χ0) is 14.4. The normalized spacial score (nSPS) is 36.1. The molecule has 0 amide bonds. The highest BCUT2D eigenvalue weighted by molar-refractivity contribution is 5.02. The maximum Gasteiger partial charge on any atom is 0.0767 e. The van der Waals surface area contributed by atoms with Crippen molar-refractivity contribution in [1.82, 2.24) is 4.90 Å². The van der Waals surface area contributed by atoms with Crippen LogP contribution in [0.3, 0.4) is 0 Å². The third-order valence-corrected chi connectivity index (χ3v) is 5.13. The van der Waals surface area contributed by atoms with Crippen molar-refractivity contribution in [2.75, 3.05) is 33.4 Å². The first-order chi connectivity index (χ1) is 9.76. The lowest BCUT2D eigenvalue weighted by atomic mass is 9.76. The third-order valence-electron chi connectivity index (χ3n) is 5.13. The van der Waals surface area contributed by atoms with E-state index >= 15 is 0 Å². The first-order valence-corrected chi connectivity index (χ1v) is 8.36. The van der Waals surface area contributed by atoms with Gasteiger partial charge in [0.05, 0.1) is 17.7 Å². The fourth-order valence-electron chi connectivity index (χ4n) is 4.02. The zero-order valence-corrected chi connectivity index (χ0v) is 13.3. The van der Waals surface area contributed by atoms with Gasteiger partial charge in [-0.25, -0.2) is 0 Å². The zero-order valence-electron chi connectivity index (χ0n) is 13.3. The molecule has 1 aliphatic heterocycles. The number of hydrogen-bond acceptors (Lipinski definition) is 4. The molecule has 2 N–H and O–H groups in total. The van der Waals surface area contributed by atoms with Crippen molar-refractivity contribution in [3.05, 3.63) is 0 Å². The van der Waals surface area contributed by atoms with Gasteiger partial charge in [-0.15, -0.1) is 0 Å². The predicted molar refractivity (Wildman–Crippen MR) is 81.9 cm³/mol. The SMILES string of the molecule is CCCOC1CCCN(C2(CN)CCCCC2OC)C1. The van der Waals surface area contributed by atoms with Crippen LogP contribution in [0.15, 0.2) is 0 Å². The molecular formula is C16H32N2O2. The summed E-state index contributed by atoms with van der Waals surface area (Å²) in [5.41, 5.74) is 6.26. The molecule has 4 heteroatoms. The highest BCUT2D eigenvalue weighted by Gasteiger charge is 2.46. The fourth-order valence-corrected chi connectivity index (χ4v) is 4.02. The van der Waals surface area contributed by atoms with Crippen molar-refractivity contribution >= 4 is 0 Å². The van der Waals surface area contributed by atoms with Gasteiger partial charge in [-0.3, -0.25) is 4.90 Å². The second-order valence-electron chi connectivity index (χ2n) is 6.36. The van der Waals surface area contributed by atoms with Crippen LogP contribution < -0.4 is 5.73 Å². The van der Waals surface area contributed by atoms with Crippen LogP contribution in [0.25, 0.3) is 0 Å². The largest absolute Gasteiger partial charge is 0.379 e. The summed E-state index contributed by atoms with van der Waals surface area (Å²) in [6.45, 7) is 5.91. The first-order valence-electron chi connectivity index (χ1n) is 8.36. The van der Waals surface area contributed by atoms with Gasteiger partial charge in [0.1, 0.15) is 0 Å². The minimum atomic E-state index is 0.0429. The number of methoxy groups -OCH3 is 1. The molecule has 0 aromatic rings. The Bertz CT molecular complexity index is 288. The van der Waals surface area contributed by atoms with Gasteiger partial charge in [-0.2, -0.15) is 0 Å². The molecule has 0 bridgehead atoms. The molecule has 3 unspecified atom stereocenters. The molecule has 118 valence electrons. The van der Waals surface area contributed by atoms with Crippen molar-refractivity contribution in [2.24, 2.45) is 5.73 Å². The molecule has 1 aliphatic carbocycles. The van der Waals surface area contributed by atoms with E-state index in [1.807, 2.05) is 7.11 Å². The summed E-state index contributed by atoms with van der Waals surface area (Å²) < 4.78 is 11.8. The van der Waals surface area contributed by atoms with Crippen LogP contribution in [0, 0.1) is 0 Å². The summed E-state index contributed by atoms with van der Waals surface area (Å²) in [5, 5.41) is 0. The van der Waals surface area contributed by atoms with Crippen molar-refractivity contribution < 1.29 is 9.47 Å². The molecule has 20 heavy (non-hydrogen) atoms. The van der Waals surface area contributed by atoms with E-state index in [0.717, 1.165) is 32.5 Å². The summed E-state index contributed by atoms with van der Waals surface area (Å²) in [5.74, 6) is 0. The minimum Gasteiger partial charge on any atom is -0.379 e. The number of likely N-dealkylation sites (tertiary alicyclic amines) is 1. The van der Waals surface area contributed by atoms with Gasteiger partial charge in [0.25, 0.3) is 0 Å². The molecule has 1 saturated heterocycles. The number of piperidine rings is 1. The maximum atomic E-state index is 6.22. The standard InChI is InChI=1S/C16H32N2O2/c1-3-11-20-14-7-6-10-18(12-14)16(13-17)9-5-4-8-15(16)19-2/h14-15H,3-13,17H2,1-2H3. The van der Waals surface area contributed by atoms with Gasteiger partial charge < -0.3 is 15.2 Å². The molecule has 0 aromatic carbocycles. The van der Waals surface area contributed by atoms with Gasteiger partial charge >= 0.3 is 0 Å². The molecule has 0 aromatic heterocycles. The number of hydrogen-bond donors (Lipinski definition) is 1. The summed E-state index contributed by atoms with van der Waals surface area (Å²) in [6.07, 6.45) is 9.02. The summed E-state index contributed by atoms with van der Waals surface area (Å²) in [6, 6.07) is 0. The van der Waals surface area contributed by atoms with Crippen LogP contribution in [-0.2, 0) is 9.47 Å². The van der Waals surface area contributed by atoms with Crippen LogP contribution in [0.1, 0.15) is 51.9 Å². The van der Waals surface area contributed by atoms with Crippen molar-refractivity contribution in [2.45, 2.75) is 69.6 Å². The lowest BCUT2D eigenvalue weighted by Gasteiger charge is -2.52. The van der Waals surface area contributed by atoms with E-state index in [1.165, 1.54) is 32.1 Å². The topological polar surface area (TPSA) is 47.7 Å².